The fraction of sp³-hybridized carbons (Fsp3) is 0.250. The first kappa shape index (κ1) is 17.2. The molecule has 1 aromatic carbocycles. The lowest BCUT2D eigenvalue weighted by molar-refractivity contribution is 0.240. The molecule has 3 aromatic rings. The zero-order chi connectivity index (χ0) is 18.8. The van der Waals surface area contributed by atoms with Crippen molar-refractivity contribution >= 4 is 0 Å². The maximum Gasteiger partial charge on any atom is 0.254 e. The predicted molar refractivity (Wildman–Crippen MR) is 101 cm³/mol. The molecule has 0 saturated heterocycles. The first-order valence-corrected chi connectivity index (χ1v) is 8.75. The molecule has 7 nitrogen and oxygen atoms in total. The molecule has 0 saturated carbocycles. The number of phenolic OH excluding ortho intramolecular Hbond substituents is 1. The summed E-state index contributed by atoms with van der Waals surface area (Å²) in [6.07, 6.45) is 4.02. The monoisotopic (exact) mass is 364 g/mol. The molecule has 27 heavy (non-hydrogen) atoms. The Morgan fingerprint density at radius 1 is 1.33 bits per heavy atom. The fourth-order valence-electron chi connectivity index (χ4n) is 3.36. The van der Waals surface area contributed by atoms with Crippen LogP contribution >= 0.6 is 0 Å². The number of hydrogen-bond donors (Lipinski definition) is 2. The number of ether oxygens (including phenoxy) is 1. The van der Waals surface area contributed by atoms with E-state index in [0.717, 1.165) is 28.9 Å². The zero-order valence-corrected chi connectivity index (χ0v) is 15.0. The van der Waals surface area contributed by atoms with E-state index in [9.17, 15) is 9.90 Å². The normalized spacial score (nSPS) is 14.0. The third-order valence-corrected chi connectivity index (χ3v) is 4.74. The number of hydrogen-bond acceptors (Lipinski definition) is 6. The number of fused-ring (bicyclic) bond motifs is 1. The fourth-order valence-corrected chi connectivity index (χ4v) is 3.36. The average molecular weight is 364 g/mol. The minimum absolute atomic E-state index is 0.0828. The second-order valence-corrected chi connectivity index (χ2v) is 6.55. The van der Waals surface area contributed by atoms with Crippen molar-refractivity contribution in [1.29, 1.82) is 0 Å². The van der Waals surface area contributed by atoms with Gasteiger partial charge >= 0.3 is 0 Å². The minimum Gasteiger partial charge on any atom is -0.504 e. The van der Waals surface area contributed by atoms with E-state index in [-0.39, 0.29) is 11.3 Å². The van der Waals surface area contributed by atoms with Crippen LogP contribution in [-0.2, 0) is 19.5 Å². The Bertz CT molecular complexity index is 1020. The summed E-state index contributed by atoms with van der Waals surface area (Å²) in [6.45, 7) is 2.00. The summed E-state index contributed by atoms with van der Waals surface area (Å²) in [4.78, 5) is 26.3. The van der Waals surface area contributed by atoms with Crippen LogP contribution in [0.5, 0.6) is 11.5 Å². The van der Waals surface area contributed by atoms with Crippen LogP contribution in [0.15, 0.2) is 47.5 Å². The maximum absolute atomic E-state index is 12.5. The molecule has 0 fully saturated rings. The largest absolute Gasteiger partial charge is 0.504 e. The highest BCUT2D eigenvalue weighted by molar-refractivity contribution is 5.53. The summed E-state index contributed by atoms with van der Waals surface area (Å²) in [5.41, 5.74) is 3.22. The van der Waals surface area contributed by atoms with Gasteiger partial charge in [-0.15, -0.1) is 0 Å². The van der Waals surface area contributed by atoms with Crippen LogP contribution in [0.25, 0.3) is 11.4 Å². The highest BCUT2D eigenvalue weighted by atomic mass is 16.5. The molecule has 3 heterocycles. The van der Waals surface area contributed by atoms with E-state index in [1.54, 1.807) is 24.5 Å². The van der Waals surface area contributed by atoms with Crippen molar-refractivity contribution in [2.75, 3.05) is 13.7 Å². The number of aromatic nitrogens is 3. The second-order valence-electron chi connectivity index (χ2n) is 6.55. The van der Waals surface area contributed by atoms with Gasteiger partial charge in [0.1, 0.15) is 5.82 Å². The van der Waals surface area contributed by atoms with Crippen LogP contribution in [-0.4, -0.2) is 38.6 Å². The molecule has 1 aliphatic heterocycles. The number of H-pyrrole nitrogens is 1. The summed E-state index contributed by atoms with van der Waals surface area (Å²) in [5, 5.41) is 9.97. The van der Waals surface area contributed by atoms with Gasteiger partial charge in [0.2, 0.25) is 0 Å². The van der Waals surface area contributed by atoms with Crippen molar-refractivity contribution in [2.45, 2.75) is 19.5 Å². The van der Waals surface area contributed by atoms with Gasteiger partial charge in [-0.25, -0.2) is 4.98 Å². The Morgan fingerprint density at radius 2 is 2.22 bits per heavy atom. The van der Waals surface area contributed by atoms with Crippen molar-refractivity contribution in [3.05, 3.63) is 69.9 Å². The number of aromatic hydroxyl groups is 1. The molecule has 138 valence electrons. The van der Waals surface area contributed by atoms with Gasteiger partial charge in [0.25, 0.3) is 5.56 Å². The molecule has 1 aliphatic rings. The van der Waals surface area contributed by atoms with Crippen molar-refractivity contribution in [3.8, 4) is 22.9 Å². The molecule has 0 spiro atoms. The number of pyridine rings is 1. The Morgan fingerprint density at radius 3 is 2.96 bits per heavy atom. The topological polar surface area (TPSA) is 91.3 Å². The van der Waals surface area contributed by atoms with Crippen molar-refractivity contribution in [1.82, 2.24) is 19.9 Å². The molecule has 0 atom stereocenters. The molecule has 2 N–H and O–H groups in total. The predicted octanol–water partition coefficient (Wildman–Crippen LogP) is 2.10. The average Bonchev–Trinajstić information content (AvgIpc) is 2.68. The van der Waals surface area contributed by atoms with E-state index in [2.05, 4.69) is 19.9 Å². The zero-order valence-electron chi connectivity index (χ0n) is 15.0. The molecule has 0 aliphatic carbocycles. The summed E-state index contributed by atoms with van der Waals surface area (Å²) in [7, 11) is 1.53. The van der Waals surface area contributed by atoms with Gasteiger partial charge in [0, 0.05) is 43.2 Å². The number of nitrogens with zero attached hydrogens (tertiary/aromatic N) is 3. The van der Waals surface area contributed by atoms with E-state index < -0.39 is 0 Å². The van der Waals surface area contributed by atoms with Gasteiger partial charge < -0.3 is 14.8 Å². The summed E-state index contributed by atoms with van der Waals surface area (Å²) < 4.78 is 5.09. The lowest BCUT2D eigenvalue weighted by Crippen LogP contribution is -2.35. The molecule has 0 radical (unpaired) electrons. The van der Waals surface area contributed by atoms with Crippen LogP contribution in [0, 0.1) is 0 Å². The highest BCUT2D eigenvalue weighted by Crippen LogP contribution is 2.27. The van der Waals surface area contributed by atoms with Gasteiger partial charge in [-0.3, -0.25) is 14.7 Å². The number of methoxy groups -OCH3 is 1. The van der Waals surface area contributed by atoms with Gasteiger partial charge in [0.15, 0.2) is 11.5 Å². The molecular formula is C20H20N4O3. The number of benzene rings is 1. The smallest absolute Gasteiger partial charge is 0.254 e. The van der Waals surface area contributed by atoms with Gasteiger partial charge in [-0.05, 0) is 36.2 Å². The Hall–Kier alpha value is -3.19. The molecule has 7 heteroatoms. The van der Waals surface area contributed by atoms with Crippen LogP contribution in [0.1, 0.15) is 16.8 Å². The van der Waals surface area contributed by atoms with E-state index >= 15 is 0 Å². The lowest BCUT2D eigenvalue weighted by Gasteiger charge is -2.27. The van der Waals surface area contributed by atoms with Crippen molar-refractivity contribution < 1.29 is 9.84 Å². The third-order valence-electron chi connectivity index (χ3n) is 4.74. The molecule has 0 unspecified atom stereocenters. The maximum atomic E-state index is 12.5. The van der Waals surface area contributed by atoms with Crippen LogP contribution < -0.4 is 10.3 Å². The minimum atomic E-state index is -0.0828. The van der Waals surface area contributed by atoms with Crippen LogP contribution in [0.2, 0.25) is 0 Å². The molecule has 0 bridgehead atoms. The summed E-state index contributed by atoms with van der Waals surface area (Å²) in [6, 6.07) is 9.09. The van der Waals surface area contributed by atoms with Crippen LogP contribution in [0.4, 0.5) is 0 Å². The third kappa shape index (κ3) is 3.54. The quantitative estimate of drug-likeness (QED) is 0.737. The summed E-state index contributed by atoms with van der Waals surface area (Å²) in [5.74, 6) is 1.12. The van der Waals surface area contributed by atoms with Crippen molar-refractivity contribution in [3.63, 3.8) is 0 Å². The number of rotatable bonds is 4. The SMILES string of the molecule is COc1ccc(CN2CCc3c(nc(-c4cccnc4)[nH]c3=O)C2)cc1O. The van der Waals surface area contributed by atoms with E-state index in [1.165, 1.54) is 7.11 Å². The van der Waals surface area contributed by atoms with Crippen LogP contribution in [0.3, 0.4) is 0 Å². The van der Waals surface area contributed by atoms with Gasteiger partial charge in [-0.1, -0.05) is 6.07 Å². The Balaban J connectivity index is 1.58. The lowest BCUT2D eigenvalue weighted by atomic mass is 10.0. The number of phenols is 1. The summed E-state index contributed by atoms with van der Waals surface area (Å²) >= 11 is 0. The second kappa shape index (κ2) is 7.20. The molecule has 2 aromatic heterocycles. The first-order chi connectivity index (χ1) is 13.1. The first-order valence-electron chi connectivity index (χ1n) is 8.75. The standard InChI is InChI=1S/C20H20N4O3/c1-27-18-5-4-13(9-17(18)25)11-24-8-6-15-16(12-24)22-19(23-20(15)26)14-3-2-7-21-10-14/h2-5,7,9-10,25H,6,8,11-12H2,1H3,(H,22,23,26). The molecule has 4 rings (SSSR count). The molecule has 0 amide bonds. The van der Waals surface area contributed by atoms with E-state index in [4.69, 9.17) is 4.74 Å². The van der Waals surface area contributed by atoms with Crippen molar-refractivity contribution in [2.24, 2.45) is 0 Å². The Kier molecular flexibility index (Phi) is 4.60. The number of aromatic amines is 1. The Labute approximate surface area is 156 Å². The van der Waals surface area contributed by atoms with Gasteiger partial charge in [0.05, 0.1) is 12.8 Å². The van der Waals surface area contributed by atoms with E-state index in [0.29, 0.717) is 31.1 Å². The molecular weight excluding hydrogens is 344 g/mol. The highest BCUT2D eigenvalue weighted by Gasteiger charge is 2.21. The van der Waals surface area contributed by atoms with E-state index in [1.807, 2.05) is 18.2 Å². The number of nitrogens with one attached hydrogen (secondary N) is 1. The van der Waals surface area contributed by atoms with Gasteiger partial charge in [-0.2, -0.15) is 0 Å².